The van der Waals surface area contributed by atoms with Crippen LogP contribution in [0.15, 0.2) is 29.2 Å². The van der Waals surface area contributed by atoms with Crippen molar-refractivity contribution in [3.05, 3.63) is 29.8 Å². The minimum absolute atomic E-state index is 0.0912. The number of benzene rings is 1. The summed E-state index contributed by atoms with van der Waals surface area (Å²) in [5.74, 6) is -1.97. The lowest BCUT2D eigenvalue weighted by molar-refractivity contribution is -0.130. The van der Waals surface area contributed by atoms with E-state index < -0.39 is 40.3 Å². The van der Waals surface area contributed by atoms with E-state index in [0.29, 0.717) is 13.1 Å². The first-order valence-electron chi connectivity index (χ1n) is 8.56. The molecule has 1 aromatic rings. The summed E-state index contributed by atoms with van der Waals surface area (Å²) >= 11 is 0. The molecule has 0 unspecified atom stereocenters. The zero-order valence-corrected chi connectivity index (χ0v) is 15.6. The highest BCUT2D eigenvalue weighted by Crippen LogP contribution is 2.21. The van der Waals surface area contributed by atoms with E-state index in [1.165, 1.54) is 28.6 Å². The Hall–Kier alpha value is -2.99. The first-order chi connectivity index (χ1) is 13.3. The average Bonchev–Trinajstić information content (AvgIpc) is 3.33. The van der Waals surface area contributed by atoms with Gasteiger partial charge in [0, 0.05) is 18.7 Å². The van der Waals surface area contributed by atoms with Crippen molar-refractivity contribution in [2.45, 2.75) is 17.7 Å². The van der Waals surface area contributed by atoms with E-state index in [9.17, 15) is 27.6 Å². The van der Waals surface area contributed by atoms with Crippen LogP contribution in [0.1, 0.15) is 23.2 Å². The van der Waals surface area contributed by atoms with E-state index in [-0.39, 0.29) is 17.0 Å². The molecule has 2 aliphatic heterocycles. The second-order valence-corrected chi connectivity index (χ2v) is 8.21. The molecular formula is C16H19N5O6S. The van der Waals surface area contributed by atoms with Crippen LogP contribution in [0.3, 0.4) is 0 Å². The van der Waals surface area contributed by atoms with Crippen LogP contribution in [0.2, 0.25) is 0 Å². The number of imide groups is 1. The Morgan fingerprint density at radius 3 is 2.25 bits per heavy atom. The summed E-state index contributed by atoms with van der Waals surface area (Å²) < 4.78 is 26.3. The summed E-state index contributed by atoms with van der Waals surface area (Å²) in [6.07, 6.45) is 1.65. The lowest BCUT2D eigenvalue weighted by atomic mass is 10.2. The molecule has 11 nitrogen and oxygen atoms in total. The summed E-state index contributed by atoms with van der Waals surface area (Å²) in [6, 6.07) is 4.65. The van der Waals surface area contributed by atoms with E-state index in [1.54, 1.807) is 0 Å². The Morgan fingerprint density at radius 2 is 1.68 bits per heavy atom. The number of nitrogens with zero attached hydrogens (tertiary/aromatic N) is 2. The monoisotopic (exact) mass is 409 g/mol. The topological polar surface area (TPSA) is 145 Å². The quantitative estimate of drug-likeness (QED) is 0.411. The molecule has 3 rings (SSSR count). The van der Waals surface area contributed by atoms with E-state index in [0.717, 1.165) is 17.7 Å². The smallest absolute Gasteiger partial charge is 0.325 e. The third-order valence-electron chi connectivity index (χ3n) is 4.37. The van der Waals surface area contributed by atoms with Crippen molar-refractivity contribution in [2.75, 3.05) is 26.2 Å². The maximum absolute atomic E-state index is 12.5. The maximum Gasteiger partial charge on any atom is 0.325 e. The van der Waals surface area contributed by atoms with Crippen molar-refractivity contribution in [3.8, 4) is 0 Å². The fraction of sp³-hybridized carbons (Fsp3) is 0.375. The lowest BCUT2D eigenvalue weighted by Crippen LogP contribution is -2.47. The number of sulfonamides is 1. The molecule has 5 amide bonds. The van der Waals surface area contributed by atoms with Gasteiger partial charge in [0.25, 0.3) is 17.7 Å². The summed E-state index contributed by atoms with van der Waals surface area (Å²) in [5, 5.41) is 2.27. The Balaban J connectivity index is 1.55. The molecule has 0 aromatic heterocycles. The number of hydrazine groups is 1. The molecule has 0 aliphatic carbocycles. The van der Waals surface area contributed by atoms with Gasteiger partial charge in [0.2, 0.25) is 10.0 Å². The second kappa shape index (κ2) is 7.94. The van der Waals surface area contributed by atoms with E-state index >= 15 is 0 Å². The average molecular weight is 409 g/mol. The minimum atomic E-state index is -3.57. The van der Waals surface area contributed by atoms with Gasteiger partial charge in [0.05, 0.1) is 11.4 Å². The normalized spacial score (nSPS) is 17.5. The minimum Gasteiger partial charge on any atom is -0.329 e. The standard InChI is InChI=1S/C16H19N5O6S/c22-13(10-21-14(23)9-17-16(21)25)18-19-15(24)11-3-5-12(6-4-11)28(26,27)20-7-1-2-8-20/h3-6H,1-2,7-10H2,(H,17,25)(H,18,22)(H,19,24). The molecule has 12 heteroatoms. The molecule has 0 spiro atoms. The van der Waals surface area contributed by atoms with Crippen molar-refractivity contribution >= 4 is 33.8 Å². The van der Waals surface area contributed by atoms with Crippen molar-refractivity contribution in [3.63, 3.8) is 0 Å². The predicted octanol–water partition coefficient (Wildman–Crippen LogP) is -1.22. The fourth-order valence-corrected chi connectivity index (χ4v) is 4.37. The molecular weight excluding hydrogens is 390 g/mol. The van der Waals surface area contributed by atoms with Gasteiger partial charge in [0.1, 0.15) is 6.54 Å². The third-order valence-corrected chi connectivity index (χ3v) is 6.29. The number of carbonyl (C=O) groups is 4. The molecule has 0 saturated carbocycles. The fourth-order valence-electron chi connectivity index (χ4n) is 2.85. The number of hydrogen-bond donors (Lipinski definition) is 3. The number of amides is 5. The number of hydrogen-bond acceptors (Lipinski definition) is 6. The van der Waals surface area contributed by atoms with Crippen molar-refractivity contribution in [2.24, 2.45) is 0 Å². The molecule has 0 bridgehead atoms. The highest BCUT2D eigenvalue weighted by molar-refractivity contribution is 7.89. The van der Waals surface area contributed by atoms with Gasteiger partial charge in [-0.05, 0) is 37.1 Å². The van der Waals surface area contributed by atoms with Crippen molar-refractivity contribution in [1.29, 1.82) is 0 Å². The van der Waals surface area contributed by atoms with Crippen molar-refractivity contribution < 1.29 is 27.6 Å². The lowest BCUT2D eigenvalue weighted by Gasteiger charge is -2.15. The first kappa shape index (κ1) is 19.8. The van der Waals surface area contributed by atoms with Gasteiger partial charge in [-0.2, -0.15) is 4.31 Å². The van der Waals surface area contributed by atoms with Crippen LogP contribution >= 0.6 is 0 Å². The zero-order valence-electron chi connectivity index (χ0n) is 14.8. The molecule has 2 aliphatic rings. The van der Waals surface area contributed by atoms with Crippen molar-refractivity contribution in [1.82, 2.24) is 25.4 Å². The van der Waals surface area contributed by atoms with Gasteiger partial charge in [-0.3, -0.25) is 30.1 Å². The molecule has 2 heterocycles. The Kier molecular flexibility index (Phi) is 5.61. The SMILES string of the molecule is O=C(CN1C(=O)CNC1=O)NNC(=O)c1ccc(S(=O)(=O)N2CCCC2)cc1. The van der Waals surface area contributed by atoms with Gasteiger partial charge in [-0.1, -0.05) is 0 Å². The van der Waals surface area contributed by atoms with Crippen LogP contribution in [-0.2, 0) is 19.6 Å². The Bertz CT molecular complexity index is 892. The number of rotatable bonds is 5. The number of urea groups is 1. The van der Waals surface area contributed by atoms with Gasteiger partial charge in [0.15, 0.2) is 0 Å². The Labute approximate surface area is 161 Å². The molecule has 0 radical (unpaired) electrons. The number of nitrogens with one attached hydrogen (secondary N) is 3. The van der Waals surface area contributed by atoms with Crippen LogP contribution in [0, 0.1) is 0 Å². The van der Waals surface area contributed by atoms with E-state index in [1.807, 2.05) is 0 Å². The molecule has 3 N–H and O–H groups in total. The summed E-state index contributed by atoms with van der Waals surface area (Å²) in [4.78, 5) is 47.4. The molecule has 1 aromatic carbocycles. The van der Waals surface area contributed by atoms with E-state index in [4.69, 9.17) is 0 Å². The molecule has 2 fully saturated rings. The van der Waals surface area contributed by atoms with Crippen LogP contribution < -0.4 is 16.2 Å². The van der Waals surface area contributed by atoms with Gasteiger partial charge >= 0.3 is 6.03 Å². The highest BCUT2D eigenvalue weighted by atomic mass is 32.2. The van der Waals surface area contributed by atoms with Crippen LogP contribution in [-0.4, -0.2) is 67.6 Å². The zero-order chi connectivity index (χ0) is 20.3. The summed E-state index contributed by atoms with van der Waals surface area (Å²) in [5.41, 5.74) is 4.38. The second-order valence-electron chi connectivity index (χ2n) is 6.28. The molecule has 2 saturated heterocycles. The van der Waals surface area contributed by atoms with Gasteiger partial charge < -0.3 is 5.32 Å². The van der Waals surface area contributed by atoms with Gasteiger partial charge in [-0.15, -0.1) is 0 Å². The van der Waals surface area contributed by atoms with Crippen LogP contribution in [0.25, 0.3) is 0 Å². The summed E-state index contributed by atoms with van der Waals surface area (Å²) in [7, 11) is -3.57. The summed E-state index contributed by atoms with van der Waals surface area (Å²) in [6.45, 7) is 0.255. The largest absolute Gasteiger partial charge is 0.329 e. The Morgan fingerprint density at radius 1 is 1.04 bits per heavy atom. The highest BCUT2D eigenvalue weighted by Gasteiger charge is 2.30. The molecule has 0 atom stereocenters. The van der Waals surface area contributed by atoms with Crippen LogP contribution in [0.5, 0.6) is 0 Å². The third kappa shape index (κ3) is 4.12. The molecule has 150 valence electrons. The van der Waals surface area contributed by atoms with Crippen LogP contribution in [0.4, 0.5) is 4.79 Å². The van der Waals surface area contributed by atoms with E-state index in [2.05, 4.69) is 16.2 Å². The van der Waals surface area contributed by atoms with Gasteiger partial charge in [-0.25, -0.2) is 13.2 Å². The maximum atomic E-state index is 12.5. The number of carbonyl (C=O) groups excluding carboxylic acids is 4. The first-order valence-corrected chi connectivity index (χ1v) is 10.0. The molecule has 28 heavy (non-hydrogen) atoms. The predicted molar refractivity (Wildman–Crippen MR) is 95.2 cm³/mol.